The first-order valence-corrected chi connectivity index (χ1v) is 7.31. The minimum absolute atomic E-state index is 0.406. The molecule has 1 atom stereocenters. The molecule has 17 heavy (non-hydrogen) atoms. The van der Waals surface area contributed by atoms with Crippen LogP contribution in [0.4, 0.5) is 0 Å². The van der Waals surface area contributed by atoms with Crippen LogP contribution in [0.25, 0.3) is 0 Å². The van der Waals surface area contributed by atoms with Gasteiger partial charge in [0.15, 0.2) is 0 Å². The van der Waals surface area contributed by atoms with E-state index in [4.69, 9.17) is 21.1 Å². The topological polar surface area (TPSA) is 18.5 Å². The van der Waals surface area contributed by atoms with Gasteiger partial charge < -0.3 is 9.47 Å². The lowest BCUT2D eigenvalue weighted by Crippen LogP contribution is -2.49. The minimum atomic E-state index is -0.542. The Morgan fingerprint density at radius 2 is 1.82 bits per heavy atom. The zero-order chi connectivity index (χ0) is 12.3. The molecule has 1 heterocycles. The van der Waals surface area contributed by atoms with Gasteiger partial charge in [-0.2, -0.15) is 0 Å². The molecule has 1 fully saturated rings. The maximum absolute atomic E-state index is 6.42. The van der Waals surface area contributed by atoms with Gasteiger partial charge in [-0.25, -0.2) is 0 Å². The molecule has 0 aromatic rings. The average molecular weight is 259 g/mol. The van der Waals surface area contributed by atoms with Crippen LogP contribution in [0.1, 0.15) is 52.4 Å². The van der Waals surface area contributed by atoms with Crippen LogP contribution in [-0.4, -0.2) is 19.0 Å². The standard InChI is InChI=1S/C14H23ClO2/c1-3-5-7-11-12(8-6-4-2)14(13(11)15)16-9-10-17-14/h12H,3-10H2,1-2H3. The highest BCUT2D eigenvalue weighted by molar-refractivity contribution is 6.32. The molecule has 1 unspecified atom stereocenters. The molecular weight excluding hydrogens is 236 g/mol. The van der Waals surface area contributed by atoms with Crippen molar-refractivity contribution < 1.29 is 9.47 Å². The Bertz CT molecular complexity index is 293. The van der Waals surface area contributed by atoms with Crippen LogP contribution in [-0.2, 0) is 9.47 Å². The Morgan fingerprint density at radius 1 is 1.18 bits per heavy atom. The quantitative estimate of drug-likeness (QED) is 0.710. The van der Waals surface area contributed by atoms with Crippen molar-refractivity contribution in [3.63, 3.8) is 0 Å². The van der Waals surface area contributed by atoms with E-state index in [1.807, 2.05) is 0 Å². The first-order chi connectivity index (χ1) is 8.26. The number of rotatable bonds is 6. The van der Waals surface area contributed by atoms with E-state index in [1.54, 1.807) is 0 Å². The Morgan fingerprint density at radius 3 is 2.41 bits per heavy atom. The Kier molecular flexibility index (Phi) is 4.51. The first-order valence-electron chi connectivity index (χ1n) is 6.93. The van der Waals surface area contributed by atoms with Crippen LogP contribution in [0, 0.1) is 5.92 Å². The van der Waals surface area contributed by atoms with Crippen LogP contribution in [0.3, 0.4) is 0 Å². The third-order valence-electron chi connectivity index (χ3n) is 3.83. The lowest BCUT2D eigenvalue weighted by molar-refractivity contribution is -0.173. The average Bonchev–Trinajstić information content (AvgIpc) is 2.84. The summed E-state index contributed by atoms with van der Waals surface area (Å²) in [5.41, 5.74) is 1.39. The SMILES string of the molecule is CCCCC1=C(Cl)C2(OCCO2)C1CCCC. The third-order valence-corrected chi connectivity index (χ3v) is 4.34. The number of hydrogen-bond donors (Lipinski definition) is 0. The molecule has 3 heteroatoms. The van der Waals surface area contributed by atoms with E-state index in [9.17, 15) is 0 Å². The molecule has 0 amide bonds. The Hall–Kier alpha value is -0.0500. The van der Waals surface area contributed by atoms with Crippen LogP contribution < -0.4 is 0 Å². The molecule has 1 spiro atoms. The molecule has 0 aromatic heterocycles. The second kappa shape index (κ2) is 5.73. The molecule has 0 bridgehead atoms. The summed E-state index contributed by atoms with van der Waals surface area (Å²) in [6, 6.07) is 0. The zero-order valence-corrected chi connectivity index (χ0v) is 11.7. The molecule has 1 saturated heterocycles. The van der Waals surface area contributed by atoms with Gasteiger partial charge in [0.1, 0.15) is 0 Å². The van der Waals surface area contributed by atoms with Crippen molar-refractivity contribution in [3.05, 3.63) is 10.6 Å². The van der Waals surface area contributed by atoms with Crippen LogP contribution in [0.2, 0.25) is 0 Å². The highest BCUT2D eigenvalue weighted by Crippen LogP contribution is 2.55. The van der Waals surface area contributed by atoms with Crippen molar-refractivity contribution in [1.29, 1.82) is 0 Å². The van der Waals surface area contributed by atoms with Crippen molar-refractivity contribution in [2.24, 2.45) is 5.92 Å². The normalized spacial score (nSPS) is 26.6. The van der Waals surface area contributed by atoms with Crippen LogP contribution in [0.5, 0.6) is 0 Å². The fourth-order valence-corrected chi connectivity index (χ4v) is 3.33. The highest BCUT2D eigenvalue weighted by Gasteiger charge is 2.57. The molecule has 0 N–H and O–H groups in total. The highest BCUT2D eigenvalue weighted by atomic mass is 35.5. The van der Waals surface area contributed by atoms with E-state index in [0.717, 1.165) is 17.9 Å². The molecule has 2 aliphatic rings. The van der Waals surface area contributed by atoms with Gasteiger partial charge in [-0.1, -0.05) is 44.7 Å². The van der Waals surface area contributed by atoms with E-state index in [0.29, 0.717) is 19.1 Å². The predicted octanol–water partition coefficient (Wildman–Crippen LogP) is 4.23. The second-order valence-electron chi connectivity index (χ2n) is 5.00. The second-order valence-corrected chi connectivity index (χ2v) is 5.38. The summed E-state index contributed by atoms with van der Waals surface area (Å²) in [4.78, 5) is 0. The van der Waals surface area contributed by atoms with E-state index in [1.165, 1.54) is 31.3 Å². The van der Waals surface area contributed by atoms with E-state index in [2.05, 4.69) is 13.8 Å². The summed E-state index contributed by atoms with van der Waals surface area (Å²) in [5.74, 6) is -0.135. The van der Waals surface area contributed by atoms with Gasteiger partial charge in [0, 0.05) is 5.92 Å². The van der Waals surface area contributed by atoms with Crippen molar-refractivity contribution in [3.8, 4) is 0 Å². The monoisotopic (exact) mass is 258 g/mol. The summed E-state index contributed by atoms with van der Waals surface area (Å²) in [6.45, 7) is 5.80. The molecule has 98 valence electrons. The minimum Gasteiger partial charge on any atom is -0.342 e. The predicted molar refractivity (Wildman–Crippen MR) is 70.1 cm³/mol. The number of hydrogen-bond acceptors (Lipinski definition) is 2. The Labute approximate surface area is 109 Å². The van der Waals surface area contributed by atoms with Gasteiger partial charge in [-0.15, -0.1) is 0 Å². The summed E-state index contributed by atoms with van der Waals surface area (Å²) < 4.78 is 11.6. The molecule has 0 aromatic carbocycles. The van der Waals surface area contributed by atoms with Gasteiger partial charge in [0.05, 0.1) is 18.2 Å². The van der Waals surface area contributed by atoms with Crippen molar-refractivity contribution in [2.45, 2.75) is 58.2 Å². The number of ether oxygens (including phenoxy) is 2. The molecule has 2 nitrogen and oxygen atoms in total. The fraction of sp³-hybridized carbons (Fsp3) is 0.857. The van der Waals surface area contributed by atoms with Crippen molar-refractivity contribution in [1.82, 2.24) is 0 Å². The summed E-state index contributed by atoms with van der Waals surface area (Å²) in [6.07, 6.45) is 7.11. The van der Waals surface area contributed by atoms with Crippen LogP contribution in [0.15, 0.2) is 10.6 Å². The molecule has 0 saturated carbocycles. The van der Waals surface area contributed by atoms with Crippen molar-refractivity contribution >= 4 is 11.6 Å². The number of halogens is 1. The van der Waals surface area contributed by atoms with Crippen molar-refractivity contribution in [2.75, 3.05) is 13.2 Å². The van der Waals surface area contributed by atoms with Crippen LogP contribution >= 0.6 is 11.6 Å². The third kappa shape index (κ3) is 2.27. The van der Waals surface area contributed by atoms with Gasteiger partial charge in [-0.05, 0) is 24.8 Å². The molecule has 2 rings (SSSR count). The molecule has 1 aliphatic heterocycles. The fourth-order valence-electron chi connectivity index (χ4n) is 2.86. The number of unbranched alkanes of at least 4 members (excludes halogenated alkanes) is 2. The molecule has 0 radical (unpaired) electrons. The maximum atomic E-state index is 6.42. The smallest absolute Gasteiger partial charge is 0.212 e. The lowest BCUT2D eigenvalue weighted by Gasteiger charge is -2.46. The summed E-state index contributed by atoms with van der Waals surface area (Å²) >= 11 is 6.42. The van der Waals surface area contributed by atoms with E-state index in [-0.39, 0.29) is 0 Å². The molecule has 1 aliphatic carbocycles. The summed E-state index contributed by atoms with van der Waals surface area (Å²) in [5, 5.41) is 0.851. The zero-order valence-electron chi connectivity index (χ0n) is 10.9. The summed E-state index contributed by atoms with van der Waals surface area (Å²) in [7, 11) is 0. The van der Waals surface area contributed by atoms with Gasteiger partial charge in [0.2, 0.25) is 5.79 Å². The van der Waals surface area contributed by atoms with Gasteiger partial charge >= 0.3 is 0 Å². The van der Waals surface area contributed by atoms with Gasteiger partial charge in [0.25, 0.3) is 0 Å². The lowest BCUT2D eigenvalue weighted by atomic mass is 9.73. The van der Waals surface area contributed by atoms with E-state index < -0.39 is 5.79 Å². The first kappa shape index (κ1) is 13.4. The van der Waals surface area contributed by atoms with Gasteiger partial charge in [-0.3, -0.25) is 0 Å². The van der Waals surface area contributed by atoms with E-state index >= 15 is 0 Å². The molecular formula is C14H23ClO2. The Balaban J connectivity index is 2.08. The maximum Gasteiger partial charge on any atom is 0.212 e. The largest absolute Gasteiger partial charge is 0.342 e.